The number of nitrogens with one attached hydrogen (secondary N) is 1. The smallest absolute Gasteiger partial charge is 0.335 e. The number of carboxylic acid groups (broad SMARTS) is 1. The van der Waals surface area contributed by atoms with Crippen LogP contribution in [0.15, 0.2) is 41.6 Å². The Morgan fingerprint density at radius 3 is 2.57 bits per heavy atom. The van der Waals surface area contributed by atoms with Crippen molar-refractivity contribution in [2.45, 2.75) is 18.7 Å². The van der Waals surface area contributed by atoms with Crippen LogP contribution in [0, 0.1) is 13.8 Å². The molecule has 2 aromatic rings. The highest BCUT2D eigenvalue weighted by Gasteiger charge is 2.21. The van der Waals surface area contributed by atoms with Crippen LogP contribution in [-0.2, 0) is 10.0 Å². The van der Waals surface area contributed by atoms with Crippen molar-refractivity contribution in [2.75, 3.05) is 4.72 Å². The summed E-state index contributed by atoms with van der Waals surface area (Å²) in [6.07, 6.45) is 3.02. The average Bonchev–Trinajstić information content (AvgIpc) is 2.41. The lowest BCUT2D eigenvalue weighted by atomic mass is 10.1. The molecule has 0 aliphatic carbocycles. The number of aromatic nitrogens is 1. The monoisotopic (exact) mass is 306 g/mol. The molecule has 0 bridgehead atoms. The van der Waals surface area contributed by atoms with E-state index in [4.69, 9.17) is 5.11 Å². The summed E-state index contributed by atoms with van der Waals surface area (Å²) in [4.78, 5) is 14.9. The molecule has 0 amide bonds. The van der Waals surface area contributed by atoms with E-state index in [1.165, 1.54) is 31.3 Å². The fraction of sp³-hybridized carbons (Fsp3) is 0.143. The van der Waals surface area contributed by atoms with Gasteiger partial charge in [0.2, 0.25) is 0 Å². The Balaban J connectivity index is 2.48. The molecule has 0 saturated carbocycles. The van der Waals surface area contributed by atoms with Gasteiger partial charge in [-0.25, -0.2) is 13.2 Å². The highest BCUT2D eigenvalue weighted by atomic mass is 32.2. The van der Waals surface area contributed by atoms with Crippen molar-refractivity contribution in [1.29, 1.82) is 0 Å². The van der Waals surface area contributed by atoms with Crippen LogP contribution in [-0.4, -0.2) is 24.5 Å². The Morgan fingerprint density at radius 1 is 1.24 bits per heavy atom. The maximum atomic E-state index is 12.4. The molecule has 0 unspecified atom stereocenters. The second-order valence-electron chi connectivity index (χ2n) is 4.53. The summed E-state index contributed by atoms with van der Waals surface area (Å²) in [5.74, 6) is -1.16. The summed E-state index contributed by atoms with van der Waals surface area (Å²) >= 11 is 0. The zero-order valence-electron chi connectivity index (χ0n) is 11.5. The van der Waals surface area contributed by atoms with Gasteiger partial charge in [0.25, 0.3) is 10.0 Å². The van der Waals surface area contributed by atoms with Gasteiger partial charge in [0.05, 0.1) is 16.1 Å². The third-order valence-electron chi connectivity index (χ3n) is 3.07. The summed E-state index contributed by atoms with van der Waals surface area (Å²) in [5.41, 5.74) is 1.24. The van der Waals surface area contributed by atoms with Gasteiger partial charge in [-0.15, -0.1) is 0 Å². The van der Waals surface area contributed by atoms with Crippen molar-refractivity contribution in [3.8, 4) is 0 Å². The number of hydrogen-bond donors (Lipinski definition) is 2. The quantitative estimate of drug-likeness (QED) is 0.902. The van der Waals surface area contributed by atoms with E-state index in [9.17, 15) is 13.2 Å². The molecule has 1 aromatic heterocycles. The number of aromatic carboxylic acids is 1. The Bertz CT molecular complexity index is 800. The van der Waals surface area contributed by atoms with Crippen LogP contribution < -0.4 is 4.72 Å². The maximum absolute atomic E-state index is 12.4. The van der Waals surface area contributed by atoms with Crippen LogP contribution in [0.2, 0.25) is 0 Å². The predicted molar refractivity (Wildman–Crippen MR) is 77.9 cm³/mol. The van der Waals surface area contributed by atoms with Gasteiger partial charge in [0.1, 0.15) is 0 Å². The lowest BCUT2D eigenvalue weighted by Gasteiger charge is -2.13. The zero-order valence-corrected chi connectivity index (χ0v) is 12.3. The van der Waals surface area contributed by atoms with Gasteiger partial charge in [-0.2, -0.15) is 0 Å². The number of carboxylic acids is 1. The maximum Gasteiger partial charge on any atom is 0.335 e. The first-order valence-electron chi connectivity index (χ1n) is 6.09. The van der Waals surface area contributed by atoms with Gasteiger partial charge < -0.3 is 5.11 Å². The van der Waals surface area contributed by atoms with Gasteiger partial charge in [-0.3, -0.25) is 9.71 Å². The molecule has 2 rings (SSSR count). The van der Waals surface area contributed by atoms with Crippen molar-refractivity contribution >= 4 is 21.7 Å². The molecule has 0 aliphatic heterocycles. The van der Waals surface area contributed by atoms with Crippen molar-refractivity contribution < 1.29 is 18.3 Å². The molecule has 0 aliphatic rings. The lowest BCUT2D eigenvalue weighted by molar-refractivity contribution is 0.0696. The number of aryl methyl sites for hydroxylation is 1. The van der Waals surface area contributed by atoms with E-state index < -0.39 is 16.0 Å². The molecule has 0 spiro atoms. The highest BCUT2D eigenvalue weighted by molar-refractivity contribution is 7.92. The van der Waals surface area contributed by atoms with E-state index in [0.717, 1.165) is 0 Å². The first-order chi connectivity index (χ1) is 9.83. The van der Waals surface area contributed by atoms with Crippen molar-refractivity contribution in [2.24, 2.45) is 0 Å². The van der Waals surface area contributed by atoms with Crippen LogP contribution in [0.1, 0.15) is 21.5 Å². The molecule has 1 aromatic carbocycles. The molecule has 0 saturated heterocycles. The van der Waals surface area contributed by atoms with Crippen molar-refractivity contribution in [3.05, 3.63) is 53.3 Å². The summed E-state index contributed by atoms with van der Waals surface area (Å²) in [6.45, 7) is 3.20. The Kier molecular flexibility index (Phi) is 3.95. The Hall–Kier alpha value is -2.41. The third-order valence-corrected chi connectivity index (χ3v) is 4.58. The highest BCUT2D eigenvalue weighted by Crippen LogP contribution is 2.23. The van der Waals surface area contributed by atoms with Crippen LogP contribution in [0.3, 0.4) is 0 Å². The number of anilines is 1. The topological polar surface area (TPSA) is 96.4 Å². The molecule has 21 heavy (non-hydrogen) atoms. The SMILES string of the molecule is Cc1cnccc1NS(=O)(=O)c1cccc(C(=O)O)c1C. The molecule has 0 fully saturated rings. The molecule has 110 valence electrons. The Labute approximate surface area is 122 Å². The predicted octanol–water partition coefficient (Wildman–Crippen LogP) is 2.20. The number of carbonyl (C=O) groups is 1. The summed E-state index contributed by atoms with van der Waals surface area (Å²) in [6, 6.07) is 5.70. The largest absolute Gasteiger partial charge is 0.478 e. The van der Waals surface area contributed by atoms with E-state index in [0.29, 0.717) is 11.3 Å². The summed E-state index contributed by atoms with van der Waals surface area (Å²) in [5, 5.41) is 9.07. The molecule has 6 nitrogen and oxygen atoms in total. The number of sulfonamides is 1. The van der Waals surface area contributed by atoms with E-state index in [1.807, 2.05) is 0 Å². The van der Waals surface area contributed by atoms with Crippen molar-refractivity contribution in [1.82, 2.24) is 4.98 Å². The number of hydrogen-bond acceptors (Lipinski definition) is 4. The third kappa shape index (κ3) is 3.03. The molecular weight excluding hydrogens is 292 g/mol. The summed E-state index contributed by atoms with van der Waals surface area (Å²) in [7, 11) is -3.86. The minimum Gasteiger partial charge on any atom is -0.478 e. The second kappa shape index (κ2) is 5.53. The number of nitrogens with zero attached hydrogens (tertiary/aromatic N) is 1. The van der Waals surface area contributed by atoms with Gasteiger partial charge >= 0.3 is 5.97 Å². The fourth-order valence-corrected chi connectivity index (χ4v) is 3.32. The van der Waals surface area contributed by atoms with E-state index in [-0.39, 0.29) is 16.0 Å². The number of rotatable bonds is 4. The van der Waals surface area contributed by atoms with Gasteiger partial charge in [-0.1, -0.05) is 6.07 Å². The number of benzene rings is 1. The summed E-state index contributed by atoms with van der Waals surface area (Å²) < 4.78 is 27.3. The van der Waals surface area contributed by atoms with Crippen LogP contribution in [0.25, 0.3) is 0 Å². The second-order valence-corrected chi connectivity index (χ2v) is 6.18. The Morgan fingerprint density at radius 2 is 1.95 bits per heavy atom. The van der Waals surface area contributed by atoms with E-state index in [1.54, 1.807) is 19.2 Å². The molecule has 2 N–H and O–H groups in total. The molecule has 0 radical (unpaired) electrons. The van der Waals surface area contributed by atoms with Crippen molar-refractivity contribution in [3.63, 3.8) is 0 Å². The van der Waals surface area contributed by atoms with E-state index in [2.05, 4.69) is 9.71 Å². The fourth-order valence-electron chi connectivity index (χ4n) is 1.92. The first kappa shape index (κ1) is 15.0. The van der Waals surface area contributed by atoms with Gasteiger partial charge in [0, 0.05) is 12.4 Å². The first-order valence-corrected chi connectivity index (χ1v) is 7.57. The normalized spacial score (nSPS) is 11.1. The van der Waals surface area contributed by atoms with Crippen LogP contribution >= 0.6 is 0 Å². The molecule has 0 atom stereocenters. The lowest BCUT2D eigenvalue weighted by Crippen LogP contribution is -2.16. The van der Waals surface area contributed by atoms with Gasteiger partial charge in [-0.05, 0) is 43.2 Å². The molecule has 1 heterocycles. The minimum absolute atomic E-state index is 0.0377. The number of pyridine rings is 1. The van der Waals surface area contributed by atoms with Gasteiger partial charge in [0.15, 0.2) is 0 Å². The molecular formula is C14H14N2O4S. The average molecular weight is 306 g/mol. The zero-order chi connectivity index (χ0) is 15.6. The van der Waals surface area contributed by atoms with E-state index >= 15 is 0 Å². The van der Waals surface area contributed by atoms with Crippen LogP contribution in [0.4, 0.5) is 5.69 Å². The minimum atomic E-state index is -3.86. The standard InChI is InChI=1S/C14H14N2O4S/c1-9-8-15-7-6-12(9)16-21(19,20)13-5-3-4-11(10(13)2)14(17)18/h3-8H,1-2H3,(H,15,16)(H,17,18). The molecule has 7 heteroatoms. The van der Waals surface area contributed by atoms with Crippen LogP contribution in [0.5, 0.6) is 0 Å².